The van der Waals surface area contributed by atoms with Gasteiger partial charge in [0, 0.05) is 0 Å². The van der Waals surface area contributed by atoms with Crippen LogP contribution >= 0.6 is 0 Å². The van der Waals surface area contributed by atoms with E-state index in [4.69, 9.17) is 0 Å². The molecule has 0 N–H and O–H groups in total. The summed E-state index contributed by atoms with van der Waals surface area (Å²) in [7, 11) is 0. The van der Waals surface area contributed by atoms with Gasteiger partial charge in [-0.25, -0.2) is 0 Å². The third kappa shape index (κ3) is 5.02. The first-order valence-corrected chi connectivity index (χ1v) is 6.07. The van der Waals surface area contributed by atoms with Crippen molar-refractivity contribution in [1.82, 2.24) is 0 Å². The van der Waals surface area contributed by atoms with Crippen molar-refractivity contribution in [3.63, 3.8) is 0 Å². The number of hydrogen-bond acceptors (Lipinski definition) is 0. The van der Waals surface area contributed by atoms with Crippen molar-refractivity contribution in [3.8, 4) is 0 Å². The van der Waals surface area contributed by atoms with Crippen LogP contribution in [0.2, 0.25) is 0 Å². The van der Waals surface area contributed by atoms with Crippen LogP contribution in [0.25, 0.3) is 0 Å². The Labute approximate surface area is 91.5 Å². The lowest BCUT2D eigenvalue weighted by molar-refractivity contribution is 0.121. The molecule has 0 aromatic carbocycles. The summed E-state index contributed by atoms with van der Waals surface area (Å²) in [6.45, 7) is 19.0. The topological polar surface area (TPSA) is 0 Å². The van der Waals surface area contributed by atoms with Gasteiger partial charge in [0.15, 0.2) is 0 Å². The lowest BCUT2D eigenvalue weighted by atomic mass is 9.67. The lowest BCUT2D eigenvalue weighted by Crippen LogP contribution is -2.28. The summed E-state index contributed by atoms with van der Waals surface area (Å²) in [6, 6.07) is 0. The first kappa shape index (κ1) is 14.0. The summed E-state index contributed by atoms with van der Waals surface area (Å²) in [5.74, 6) is 1.59. The molecule has 0 heterocycles. The lowest BCUT2D eigenvalue weighted by Gasteiger charge is -2.38. The highest BCUT2D eigenvalue weighted by Gasteiger charge is 2.31. The minimum atomic E-state index is 0.471. The molecular formula is C14H30. The first-order chi connectivity index (χ1) is 6.07. The van der Waals surface area contributed by atoms with Crippen LogP contribution < -0.4 is 0 Å². The van der Waals surface area contributed by atoms with Gasteiger partial charge in [0.25, 0.3) is 0 Å². The summed E-state index contributed by atoms with van der Waals surface area (Å²) in [5.41, 5.74) is 0.959. The largest absolute Gasteiger partial charge is 0.0628 e. The molecule has 0 saturated heterocycles. The molecule has 0 bridgehead atoms. The monoisotopic (exact) mass is 198 g/mol. The molecule has 0 radical (unpaired) electrons. The molecule has 86 valence electrons. The highest BCUT2D eigenvalue weighted by Crippen LogP contribution is 2.41. The molecule has 0 atom stereocenters. The third-order valence-corrected chi connectivity index (χ3v) is 3.46. The van der Waals surface area contributed by atoms with E-state index in [-0.39, 0.29) is 0 Å². The Morgan fingerprint density at radius 1 is 0.857 bits per heavy atom. The van der Waals surface area contributed by atoms with E-state index in [2.05, 4.69) is 55.4 Å². The van der Waals surface area contributed by atoms with E-state index in [9.17, 15) is 0 Å². The smallest absolute Gasteiger partial charge is 0.0326 e. The molecule has 0 aromatic heterocycles. The van der Waals surface area contributed by atoms with E-state index in [1.807, 2.05) is 0 Å². The predicted octanol–water partition coefficient (Wildman–Crippen LogP) is 5.13. The summed E-state index contributed by atoms with van der Waals surface area (Å²) in [6.07, 6.45) is 2.67. The number of rotatable bonds is 5. The maximum atomic E-state index is 2.41. The van der Waals surface area contributed by atoms with Crippen LogP contribution in [-0.2, 0) is 0 Å². The fourth-order valence-electron chi connectivity index (χ4n) is 2.61. The molecule has 0 aromatic rings. The second kappa shape index (κ2) is 4.68. The van der Waals surface area contributed by atoms with Crippen LogP contribution in [0.4, 0.5) is 0 Å². The van der Waals surface area contributed by atoms with Crippen molar-refractivity contribution in [2.75, 3.05) is 0 Å². The Morgan fingerprint density at radius 3 is 1.57 bits per heavy atom. The minimum absolute atomic E-state index is 0.471. The van der Waals surface area contributed by atoms with Gasteiger partial charge in [0.05, 0.1) is 0 Å². The van der Waals surface area contributed by atoms with Gasteiger partial charge in [-0.05, 0) is 35.5 Å². The highest BCUT2D eigenvalue weighted by molar-refractivity contribution is 4.81. The van der Waals surface area contributed by atoms with Gasteiger partial charge in [-0.3, -0.25) is 0 Å². The molecule has 0 unspecified atom stereocenters. The molecular weight excluding hydrogens is 168 g/mol. The summed E-state index contributed by atoms with van der Waals surface area (Å²) in [5, 5.41) is 0. The Bertz CT molecular complexity index is 161. The normalized spacial score (nSPS) is 14.1. The van der Waals surface area contributed by atoms with E-state index < -0.39 is 0 Å². The second-order valence-electron chi connectivity index (χ2n) is 7.08. The van der Waals surface area contributed by atoms with Crippen molar-refractivity contribution < 1.29 is 0 Å². The fraction of sp³-hybridized carbons (Fsp3) is 1.00. The van der Waals surface area contributed by atoms with Crippen LogP contribution in [0.15, 0.2) is 0 Å². The van der Waals surface area contributed by atoms with Gasteiger partial charge in [-0.2, -0.15) is 0 Å². The van der Waals surface area contributed by atoms with E-state index >= 15 is 0 Å². The van der Waals surface area contributed by atoms with Crippen molar-refractivity contribution in [3.05, 3.63) is 0 Å². The van der Waals surface area contributed by atoms with Gasteiger partial charge >= 0.3 is 0 Å². The number of hydrogen-bond donors (Lipinski definition) is 0. The maximum Gasteiger partial charge on any atom is -0.0326 e. The molecule has 0 aliphatic carbocycles. The van der Waals surface area contributed by atoms with E-state index in [1.165, 1.54) is 12.8 Å². The van der Waals surface area contributed by atoms with Crippen LogP contribution in [0, 0.1) is 22.7 Å². The summed E-state index contributed by atoms with van der Waals surface area (Å²) in [4.78, 5) is 0. The van der Waals surface area contributed by atoms with Crippen LogP contribution in [0.5, 0.6) is 0 Å². The van der Waals surface area contributed by atoms with E-state index in [0.29, 0.717) is 10.8 Å². The average Bonchev–Trinajstić information content (AvgIpc) is 1.79. The molecule has 14 heavy (non-hydrogen) atoms. The van der Waals surface area contributed by atoms with Gasteiger partial charge < -0.3 is 0 Å². The zero-order valence-corrected chi connectivity index (χ0v) is 11.6. The van der Waals surface area contributed by atoms with Crippen molar-refractivity contribution in [2.24, 2.45) is 22.7 Å². The van der Waals surface area contributed by atoms with Gasteiger partial charge in [0.1, 0.15) is 0 Å². The van der Waals surface area contributed by atoms with E-state index in [0.717, 1.165) is 11.8 Å². The first-order valence-electron chi connectivity index (χ1n) is 6.07. The SMILES string of the molecule is CC(C)CC(C)(C)CC(C)(C)C(C)C. The van der Waals surface area contributed by atoms with Gasteiger partial charge in [-0.15, -0.1) is 0 Å². The Balaban J connectivity index is 4.34. The molecule has 0 heteroatoms. The van der Waals surface area contributed by atoms with Crippen molar-refractivity contribution in [1.29, 1.82) is 0 Å². The zero-order chi connectivity index (χ0) is 11.6. The molecule has 0 spiro atoms. The zero-order valence-electron chi connectivity index (χ0n) is 11.6. The molecule has 0 amide bonds. The summed E-state index contributed by atoms with van der Waals surface area (Å²) < 4.78 is 0. The summed E-state index contributed by atoms with van der Waals surface area (Å²) >= 11 is 0. The Kier molecular flexibility index (Phi) is 4.68. The predicted molar refractivity (Wildman–Crippen MR) is 66.5 cm³/mol. The van der Waals surface area contributed by atoms with Gasteiger partial charge in [0.2, 0.25) is 0 Å². The molecule has 0 saturated carbocycles. The van der Waals surface area contributed by atoms with E-state index in [1.54, 1.807) is 0 Å². The van der Waals surface area contributed by atoms with Crippen molar-refractivity contribution in [2.45, 2.75) is 68.2 Å². The molecule has 0 nitrogen and oxygen atoms in total. The van der Waals surface area contributed by atoms with Gasteiger partial charge in [-0.1, -0.05) is 55.4 Å². The Morgan fingerprint density at radius 2 is 1.29 bits per heavy atom. The Hall–Kier alpha value is 0. The fourth-order valence-corrected chi connectivity index (χ4v) is 2.61. The van der Waals surface area contributed by atoms with Crippen molar-refractivity contribution >= 4 is 0 Å². The van der Waals surface area contributed by atoms with Crippen LogP contribution in [0.1, 0.15) is 68.2 Å². The van der Waals surface area contributed by atoms with Crippen LogP contribution in [0.3, 0.4) is 0 Å². The minimum Gasteiger partial charge on any atom is -0.0628 e. The standard InChI is InChI=1S/C14H30/c1-11(2)9-13(5,6)10-14(7,8)12(3)4/h11-12H,9-10H2,1-8H3. The quantitative estimate of drug-likeness (QED) is 0.574. The molecule has 0 aliphatic rings. The molecule has 0 aliphatic heterocycles. The molecule has 0 rings (SSSR count). The highest BCUT2D eigenvalue weighted by atomic mass is 14.4. The van der Waals surface area contributed by atoms with Crippen LogP contribution in [-0.4, -0.2) is 0 Å². The molecule has 0 fully saturated rings. The second-order valence-corrected chi connectivity index (χ2v) is 7.08. The average molecular weight is 198 g/mol. The third-order valence-electron chi connectivity index (χ3n) is 3.46. The maximum absolute atomic E-state index is 2.41.